The van der Waals surface area contributed by atoms with Crippen molar-refractivity contribution in [1.82, 2.24) is 0 Å². The van der Waals surface area contributed by atoms with Crippen molar-refractivity contribution in [3.05, 3.63) is 53.8 Å². The van der Waals surface area contributed by atoms with E-state index in [-0.39, 0.29) is 25.3 Å². The fourth-order valence-electron chi connectivity index (χ4n) is 3.32. The number of ether oxygens (including phenoxy) is 3. The molecule has 4 nitrogen and oxygen atoms in total. The third-order valence-electron chi connectivity index (χ3n) is 5.18. The number of rotatable bonds is 8. The Balaban J connectivity index is 1.55. The molecule has 0 aliphatic carbocycles. The van der Waals surface area contributed by atoms with Gasteiger partial charge in [0, 0.05) is 11.6 Å². The van der Waals surface area contributed by atoms with Gasteiger partial charge in [0.05, 0.1) is 13.2 Å². The first-order valence-electron chi connectivity index (χ1n) is 10.4. The third kappa shape index (κ3) is 5.87. The van der Waals surface area contributed by atoms with Gasteiger partial charge in [0.1, 0.15) is 17.5 Å². The number of hydrogen-bond donors (Lipinski definition) is 0. The summed E-state index contributed by atoms with van der Waals surface area (Å²) >= 11 is 0. The molecule has 0 bridgehead atoms. The Labute approximate surface area is 172 Å². The smallest absolute Gasteiger partial charge is 0.319 e. The Morgan fingerprint density at radius 2 is 1.79 bits per heavy atom. The third-order valence-corrected chi connectivity index (χ3v) is 5.18. The maximum Gasteiger partial charge on any atom is 0.319 e. The molecule has 1 aliphatic heterocycles. The lowest BCUT2D eigenvalue weighted by atomic mass is 10.0. The molecule has 1 saturated heterocycles. The Hall–Kier alpha value is -2.24. The van der Waals surface area contributed by atoms with Gasteiger partial charge in [-0.05, 0) is 42.5 Å². The van der Waals surface area contributed by atoms with E-state index in [2.05, 4.69) is 13.8 Å². The molecule has 0 N–H and O–H groups in total. The quantitative estimate of drug-likeness (QED) is 0.332. The summed E-state index contributed by atoms with van der Waals surface area (Å²) in [5, 5.41) is 0. The molecule has 0 saturated carbocycles. The van der Waals surface area contributed by atoms with Crippen molar-refractivity contribution >= 4 is 5.97 Å². The maximum atomic E-state index is 14.6. The summed E-state index contributed by atoms with van der Waals surface area (Å²) in [6, 6.07) is 12.3. The topological polar surface area (TPSA) is 44.8 Å². The first kappa shape index (κ1) is 21.5. The van der Waals surface area contributed by atoms with Crippen molar-refractivity contribution in [3.63, 3.8) is 0 Å². The molecule has 29 heavy (non-hydrogen) atoms. The predicted molar refractivity (Wildman–Crippen MR) is 110 cm³/mol. The van der Waals surface area contributed by atoms with Crippen LogP contribution in [0.15, 0.2) is 42.5 Å². The van der Waals surface area contributed by atoms with Crippen LogP contribution in [-0.2, 0) is 20.7 Å². The zero-order valence-corrected chi connectivity index (χ0v) is 17.2. The van der Waals surface area contributed by atoms with E-state index in [1.54, 1.807) is 12.1 Å². The van der Waals surface area contributed by atoms with Crippen molar-refractivity contribution in [2.45, 2.75) is 52.2 Å². The highest BCUT2D eigenvalue weighted by Crippen LogP contribution is 2.27. The zero-order valence-electron chi connectivity index (χ0n) is 17.2. The van der Waals surface area contributed by atoms with Crippen molar-refractivity contribution in [3.8, 4) is 16.9 Å². The second-order valence-corrected chi connectivity index (χ2v) is 7.40. The second-order valence-electron chi connectivity index (χ2n) is 7.40. The average Bonchev–Trinajstić information content (AvgIpc) is 2.75. The average molecular weight is 400 g/mol. The molecule has 1 heterocycles. The van der Waals surface area contributed by atoms with Crippen LogP contribution in [0.1, 0.15) is 45.1 Å². The normalized spacial score (nSPS) is 19.1. The van der Waals surface area contributed by atoms with Crippen molar-refractivity contribution < 1.29 is 23.4 Å². The summed E-state index contributed by atoms with van der Waals surface area (Å²) < 4.78 is 31.2. The van der Waals surface area contributed by atoms with Gasteiger partial charge in [-0.3, -0.25) is 4.79 Å². The minimum Gasteiger partial charge on any atom is -0.426 e. The molecule has 0 amide bonds. The first-order chi connectivity index (χ1) is 14.1. The highest BCUT2D eigenvalue weighted by atomic mass is 19.1. The summed E-state index contributed by atoms with van der Waals surface area (Å²) in [7, 11) is 0. The van der Waals surface area contributed by atoms with Crippen LogP contribution in [-0.4, -0.2) is 25.5 Å². The van der Waals surface area contributed by atoms with E-state index >= 15 is 0 Å². The Morgan fingerprint density at radius 3 is 2.41 bits per heavy atom. The monoisotopic (exact) mass is 400 g/mol. The Morgan fingerprint density at radius 1 is 1.07 bits per heavy atom. The fourth-order valence-corrected chi connectivity index (χ4v) is 3.32. The molecule has 0 unspecified atom stereocenters. The molecule has 3 rings (SSSR count). The van der Waals surface area contributed by atoms with Gasteiger partial charge < -0.3 is 14.2 Å². The minimum absolute atomic E-state index is 0.187. The number of halogens is 1. The van der Waals surface area contributed by atoms with Crippen LogP contribution in [0.5, 0.6) is 5.75 Å². The van der Waals surface area contributed by atoms with Crippen molar-refractivity contribution in [1.29, 1.82) is 0 Å². The number of carbonyl (C=O) groups excluding carboxylic acids is 1. The molecule has 0 spiro atoms. The first-order valence-corrected chi connectivity index (χ1v) is 10.4. The summed E-state index contributed by atoms with van der Waals surface area (Å²) in [6.45, 7) is 4.75. The Kier molecular flexibility index (Phi) is 7.78. The summed E-state index contributed by atoms with van der Waals surface area (Å²) in [5.41, 5.74) is 2.47. The molecule has 0 atom stereocenters. The van der Waals surface area contributed by atoms with Crippen LogP contribution in [0, 0.1) is 11.7 Å². The molecule has 0 radical (unpaired) electrons. The van der Waals surface area contributed by atoms with Gasteiger partial charge in [0.25, 0.3) is 0 Å². The van der Waals surface area contributed by atoms with E-state index in [1.807, 2.05) is 24.3 Å². The molecular formula is C24H29FO4. The molecule has 1 aliphatic rings. The van der Waals surface area contributed by atoms with Gasteiger partial charge in [-0.15, -0.1) is 0 Å². The fraction of sp³-hybridized carbons (Fsp3) is 0.458. The van der Waals surface area contributed by atoms with Gasteiger partial charge in [-0.2, -0.15) is 0 Å². The standard InChI is InChI=1S/C24H29FO4/c1-3-5-6-7-23-27-15-19(16-28-23)24(26)29-20-12-13-21(22(25)14-20)18-10-8-17(4-2)9-11-18/h8-14,19,23H,3-7,15-16H2,1-2H3. The van der Waals surface area contributed by atoms with Crippen molar-refractivity contribution in [2.24, 2.45) is 5.92 Å². The van der Waals surface area contributed by atoms with Crippen LogP contribution in [0.4, 0.5) is 4.39 Å². The van der Waals surface area contributed by atoms with Gasteiger partial charge >= 0.3 is 5.97 Å². The van der Waals surface area contributed by atoms with Crippen LogP contribution in [0.25, 0.3) is 11.1 Å². The molecule has 2 aromatic rings. The highest BCUT2D eigenvalue weighted by molar-refractivity contribution is 5.76. The molecule has 1 fully saturated rings. The summed E-state index contributed by atoms with van der Waals surface area (Å²) in [4.78, 5) is 12.4. The number of carbonyl (C=O) groups is 1. The van der Waals surface area contributed by atoms with E-state index in [0.29, 0.717) is 5.56 Å². The van der Waals surface area contributed by atoms with E-state index < -0.39 is 17.7 Å². The van der Waals surface area contributed by atoms with E-state index in [4.69, 9.17) is 14.2 Å². The Bertz CT molecular complexity index is 795. The van der Waals surface area contributed by atoms with Crippen molar-refractivity contribution in [2.75, 3.05) is 13.2 Å². The number of unbranched alkanes of at least 4 members (excludes halogenated alkanes) is 2. The second kappa shape index (κ2) is 10.5. The van der Waals surface area contributed by atoms with E-state index in [1.165, 1.54) is 11.6 Å². The molecule has 5 heteroatoms. The number of hydrogen-bond acceptors (Lipinski definition) is 4. The lowest BCUT2D eigenvalue weighted by molar-refractivity contribution is -0.208. The molecule has 156 valence electrons. The van der Waals surface area contributed by atoms with Crippen LogP contribution in [0.2, 0.25) is 0 Å². The van der Waals surface area contributed by atoms with Gasteiger partial charge in [-0.1, -0.05) is 51.0 Å². The highest BCUT2D eigenvalue weighted by Gasteiger charge is 2.29. The van der Waals surface area contributed by atoms with E-state index in [0.717, 1.165) is 37.7 Å². The largest absolute Gasteiger partial charge is 0.426 e. The lowest BCUT2D eigenvalue weighted by Crippen LogP contribution is -2.38. The number of benzene rings is 2. The summed E-state index contributed by atoms with van der Waals surface area (Å²) in [6.07, 6.45) is 4.84. The van der Waals surface area contributed by atoms with Crippen LogP contribution < -0.4 is 4.74 Å². The van der Waals surface area contributed by atoms with Gasteiger partial charge in [0.2, 0.25) is 0 Å². The molecule has 2 aromatic carbocycles. The SMILES string of the molecule is CCCCCC1OCC(C(=O)Oc2ccc(-c3ccc(CC)cc3)c(F)c2)CO1. The van der Waals surface area contributed by atoms with Crippen LogP contribution >= 0.6 is 0 Å². The zero-order chi connectivity index (χ0) is 20.6. The van der Waals surface area contributed by atoms with Crippen LogP contribution in [0.3, 0.4) is 0 Å². The summed E-state index contributed by atoms with van der Waals surface area (Å²) in [5.74, 6) is -1.20. The molecule has 0 aromatic heterocycles. The molecular weight excluding hydrogens is 371 g/mol. The van der Waals surface area contributed by atoms with Gasteiger partial charge in [-0.25, -0.2) is 4.39 Å². The number of aryl methyl sites for hydroxylation is 1. The number of esters is 1. The maximum absolute atomic E-state index is 14.6. The minimum atomic E-state index is -0.498. The van der Waals surface area contributed by atoms with E-state index in [9.17, 15) is 9.18 Å². The predicted octanol–water partition coefficient (Wildman–Crippen LogP) is 5.53. The van der Waals surface area contributed by atoms with Gasteiger partial charge in [0.15, 0.2) is 6.29 Å². The lowest BCUT2D eigenvalue weighted by Gasteiger charge is -2.28.